The van der Waals surface area contributed by atoms with Gasteiger partial charge in [-0.3, -0.25) is 0 Å². The van der Waals surface area contributed by atoms with Crippen LogP contribution in [0, 0.1) is 5.41 Å². The molecule has 1 amide bonds. The number of hydrogen-bond donors (Lipinski definition) is 2. The Labute approximate surface area is 277 Å². The van der Waals surface area contributed by atoms with E-state index < -0.39 is 45.2 Å². The summed E-state index contributed by atoms with van der Waals surface area (Å²) in [6.45, 7) is 10.1. The van der Waals surface area contributed by atoms with Crippen molar-refractivity contribution in [3.63, 3.8) is 0 Å². The van der Waals surface area contributed by atoms with Crippen LogP contribution >= 0.6 is 22.9 Å². The average Bonchev–Trinajstić information content (AvgIpc) is 3.40. The molecule has 4 rings (SSSR count). The van der Waals surface area contributed by atoms with Crippen LogP contribution in [0.15, 0.2) is 78.1 Å². The lowest BCUT2D eigenvalue weighted by atomic mass is 9.85. The Morgan fingerprint density at radius 1 is 1.00 bits per heavy atom. The topological polar surface area (TPSA) is 152 Å². The molecule has 2 atom stereocenters. The van der Waals surface area contributed by atoms with Gasteiger partial charge in [-0.25, -0.2) is 42.6 Å². The van der Waals surface area contributed by atoms with Crippen molar-refractivity contribution in [3.05, 3.63) is 88.7 Å². The van der Waals surface area contributed by atoms with Crippen molar-refractivity contribution in [2.45, 2.75) is 70.7 Å². The maximum absolute atomic E-state index is 13.6. The van der Waals surface area contributed by atoms with Gasteiger partial charge in [-0.1, -0.05) is 68.8 Å². The number of carbonyl (C=O) groups is 2. The zero-order chi connectivity index (χ0) is 33.9. The van der Waals surface area contributed by atoms with Crippen LogP contribution in [0.1, 0.15) is 58.8 Å². The molecule has 3 heterocycles. The van der Waals surface area contributed by atoms with Crippen LogP contribution < -0.4 is 9.62 Å². The number of nitrogens with one attached hydrogen (secondary N) is 1. The number of sulfonamides is 1. The molecule has 0 aliphatic rings. The van der Waals surface area contributed by atoms with Crippen LogP contribution in [0.4, 0.5) is 10.6 Å². The van der Waals surface area contributed by atoms with E-state index in [9.17, 15) is 23.1 Å². The molecule has 0 bridgehead atoms. The summed E-state index contributed by atoms with van der Waals surface area (Å²) in [5.74, 6) is -1.26. The SMILES string of the molecule is CC(C)(C)OC(=O)N(c1cccc(C(Cc2ccc(-c3ncc(Cl)s3)cc2)NS(=O)(=O)c2ccccn2)n1)C(C(=O)O)C(C)(C)C. The molecule has 0 fully saturated rings. The first kappa shape index (κ1) is 35.0. The van der Waals surface area contributed by atoms with E-state index in [1.54, 1.807) is 72.0 Å². The van der Waals surface area contributed by atoms with Gasteiger partial charge in [0.1, 0.15) is 26.8 Å². The number of halogens is 1. The first-order chi connectivity index (χ1) is 21.4. The summed E-state index contributed by atoms with van der Waals surface area (Å²) in [4.78, 5) is 40.1. The lowest BCUT2D eigenvalue weighted by molar-refractivity contribution is -0.141. The number of carboxylic acids is 1. The Kier molecular flexibility index (Phi) is 10.5. The summed E-state index contributed by atoms with van der Waals surface area (Å²) in [7, 11) is -4.13. The summed E-state index contributed by atoms with van der Waals surface area (Å²) < 4.78 is 35.8. The molecule has 2 N–H and O–H groups in total. The highest BCUT2D eigenvalue weighted by molar-refractivity contribution is 7.89. The molecule has 3 aromatic heterocycles. The zero-order valence-electron chi connectivity index (χ0n) is 26.3. The van der Waals surface area contributed by atoms with Crippen molar-refractivity contribution >= 4 is 50.8 Å². The predicted molar refractivity (Wildman–Crippen MR) is 177 cm³/mol. The molecule has 0 saturated carbocycles. The molecule has 2 unspecified atom stereocenters. The van der Waals surface area contributed by atoms with Crippen molar-refractivity contribution < 1.29 is 27.9 Å². The lowest BCUT2D eigenvalue weighted by Crippen LogP contribution is -2.54. The van der Waals surface area contributed by atoms with E-state index in [4.69, 9.17) is 16.3 Å². The van der Waals surface area contributed by atoms with Crippen LogP contribution in [-0.2, 0) is 26.0 Å². The van der Waals surface area contributed by atoms with Gasteiger partial charge in [0.15, 0.2) is 5.03 Å². The van der Waals surface area contributed by atoms with Gasteiger partial charge in [-0.05, 0) is 62.4 Å². The van der Waals surface area contributed by atoms with Gasteiger partial charge >= 0.3 is 12.1 Å². The first-order valence-electron chi connectivity index (χ1n) is 14.3. The quantitative estimate of drug-likeness (QED) is 0.184. The van der Waals surface area contributed by atoms with E-state index in [0.717, 1.165) is 21.0 Å². The minimum atomic E-state index is -4.13. The molecule has 0 aliphatic carbocycles. The van der Waals surface area contributed by atoms with Gasteiger partial charge in [0.05, 0.1) is 17.9 Å². The van der Waals surface area contributed by atoms with Crippen LogP contribution in [-0.4, -0.2) is 52.2 Å². The second kappa shape index (κ2) is 13.8. The fraction of sp³-hybridized carbons (Fsp3) is 0.344. The number of benzene rings is 1. The van der Waals surface area contributed by atoms with E-state index in [0.29, 0.717) is 4.34 Å². The Morgan fingerprint density at radius 2 is 1.70 bits per heavy atom. The van der Waals surface area contributed by atoms with E-state index in [1.807, 2.05) is 24.3 Å². The van der Waals surface area contributed by atoms with Crippen molar-refractivity contribution in [2.75, 3.05) is 4.90 Å². The third-order valence-corrected chi connectivity index (χ3v) is 9.14. The fourth-order valence-corrected chi connectivity index (χ4v) is 6.72. The highest BCUT2D eigenvalue weighted by Gasteiger charge is 2.43. The van der Waals surface area contributed by atoms with Gasteiger partial charge in [-0.2, -0.15) is 0 Å². The molecule has 11 nitrogen and oxygen atoms in total. The molecule has 46 heavy (non-hydrogen) atoms. The summed E-state index contributed by atoms with van der Waals surface area (Å²) in [5.41, 5.74) is 0.0179. The van der Waals surface area contributed by atoms with Crippen LogP contribution in [0.2, 0.25) is 4.34 Å². The Hall–Kier alpha value is -3.91. The third kappa shape index (κ3) is 8.87. The van der Waals surface area contributed by atoms with Crippen molar-refractivity contribution in [1.82, 2.24) is 19.7 Å². The second-order valence-corrected chi connectivity index (χ2v) is 15.9. The fourth-order valence-electron chi connectivity index (χ4n) is 4.65. The Morgan fingerprint density at radius 3 is 2.24 bits per heavy atom. The highest BCUT2D eigenvalue weighted by atomic mass is 35.5. The number of thiazole rings is 1. The first-order valence-corrected chi connectivity index (χ1v) is 17.0. The molecule has 0 aliphatic heterocycles. The number of ether oxygens (including phenoxy) is 1. The van der Waals surface area contributed by atoms with Gasteiger partial charge in [-0.15, -0.1) is 11.3 Å². The van der Waals surface area contributed by atoms with Crippen LogP contribution in [0.25, 0.3) is 10.6 Å². The summed E-state index contributed by atoms with van der Waals surface area (Å²) in [5, 5.41) is 10.8. The summed E-state index contributed by atoms with van der Waals surface area (Å²) in [6.07, 6.45) is 2.22. The van der Waals surface area contributed by atoms with Gasteiger partial charge < -0.3 is 9.84 Å². The van der Waals surface area contributed by atoms with Crippen molar-refractivity contribution in [2.24, 2.45) is 5.41 Å². The minimum Gasteiger partial charge on any atom is -0.480 e. The predicted octanol–water partition coefficient (Wildman–Crippen LogP) is 6.76. The molecule has 0 saturated heterocycles. The average molecular weight is 686 g/mol. The number of nitrogens with zero attached hydrogens (tertiary/aromatic N) is 4. The standard InChI is InChI=1S/C32H36ClN5O6S2/c1-31(2,3)27(29(39)40)38(30(41)44-32(4,5)6)25-11-9-10-22(36-25)23(37-46(42,43)26-12-7-8-17-34-26)18-20-13-15-21(16-14-20)28-35-19-24(33)45-28/h7-17,19,23,27,37H,18H2,1-6H3,(H,39,40). The number of hydrogen-bond acceptors (Lipinski definition) is 9. The van der Waals surface area contributed by atoms with E-state index in [2.05, 4.69) is 19.7 Å². The number of anilines is 1. The maximum Gasteiger partial charge on any atom is 0.416 e. The number of pyridine rings is 2. The molecule has 244 valence electrons. The molecule has 0 radical (unpaired) electrons. The van der Waals surface area contributed by atoms with Gasteiger partial charge in [0.25, 0.3) is 10.0 Å². The molecular weight excluding hydrogens is 650 g/mol. The summed E-state index contributed by atoms with van der Waals surface area (Å²) in [6, 6.07) is 14.4. The molecule has 1 aromatic carbocycles. The third-order valence-electron chi connectivity index (χ3n) is 6.59. The Bertz CT molecular complexity index is 1790. The smallest absolute Gasteiger partial charge is 0.416 e. The van der Waals surface area contributed by atoms with E-state index in [1.165, 1.54) is 29.7 Å². The van der Waals surface area contributed by atoms with Crippen LogP contribution in [0.3, 0.4) is 0 Å². The molecule has 4 aromatic rings. The molecular formula is C32H36ClN5O6S2. The normalized spacial score (nSPS) is 13.5. The number of carbonyl (C=O) groups excluding carboxylic acids is 1. The van der Waals surface area contributed by atoms with Gasteiger partial charge in [0, 0.05) is 11.8 Å². The van der Waals surface area contributed by atoms with E-state index >= 15 is 0 Å². The monoisotopic (exact) mass is 685 g/mol. The number of rotatable bonds is 10. The number of aliphatic carboxylic acids is 1. The second-order valence-electron chi connectivity index (χ2n) is 12.6. The van der Waals surface area contributed by atoms with Crippen molar-refractivity contribution in [3.8, 4) is 10.6 Å². The number of amides is 1. The zero-order valence-corrected chi connectivity index (χ0v) is 28.7. The minimum absolute atomic E-state index is 0.00731. The largest absolute Gasteiger partial charge is 0.480 e. The van der Waals surface area contributed by atoms with Crippen LogP contribution in [0.5, 0.6) is 0 Å². The van der Waals surface area contributed by atoms with Gasteiger partial charge in [0.2, 0.25) is 0 Å². The molecule has 14 heteroatoms. The van der Waals surface area contributed by atoms with E-state index in [-0.39, 0.29) is 23.0 Å². The Balaban J connectivity index is 1.79. The van der Waals surface area contributed by atoms with Crippen molar-refractivity contribution in [1.29, 1.82) is 0 Å². The maximum atomic E-state index is 13.6. The highest BCUT2D eigenvalue weighted by Crippen LogP contribution is 2.32. The number of carboxylic acid groups (broad SMARTS) is 1. The molecule has 0 spiro atoms. The summed E-state index contributed by atoms with van der Waals surface area (Å²) >= 11 is 7.39. The number of aromatic nitrogens is 3. The lowest BCUT2D eigenvalue weighted by Gasteiger charge is -2.37.